The van der Waals surface area contributed by atoms with Crippen molar-refractivity contribution < 1.29 is 19.5 Å². The third-order valence-electron chi connectivity index (χ3n) is 3.59. The molecule has 0 aliphatic heterocycles. The van der Waals surface area contributed by atoms with Crippen LogP contribution in [0.25, 0.3) is 5.69 Å². The number of carboxylic acids is 1. The fraction of sp³-hybridized carbons (Fsp3) is 0.312. The molecule has 1 aromatic carbocycles. The lowest BCUT2D eigenvalue weighted by atomic mass is 10.1. The highest BCUT2D eigenvalue weighted by molar-refractivity contribution is 5.97. The summed E-state index contributed by atoms with van der Waals surface area (Å²) in [7, 11) is 0. The number of carboxylic acid groups (broad SMARTS) is 1. The average Bonchev–Trinajstić information content (AvgIpc) is 3.12. The van der Waals surface area contributed by atoms with Crippen LogP contribution in [-0.2, 0) is 9.59 Å². The summed E-state index contributed by atoms with van der Waals surface area (Å²) in [6.45, 7) is 3.03. The maximum absolute atomic E-state index is 12.8. The fourth-order valence-electron chi connectivity index (χ4n) is 2.25. The number of nitrogens with one attached hydrogen (secondary N) is 1. The van der Waals surface area contributed by atoms with Gasteiger partial charge in [0.25, 0.3) is 5.91 Å². The lowest BCUT2D eigenvalue weighted by Crippen LogP contribution is -2.46. The van der Waals surface area contributed by atoms with E-state index in [0.717, 1.165) is 0 Å². The number of nitrogens with zero attached hydrogens (tertiary/aromatic N) is 4. The van der Waals surface area contributed by atoms with Crippen molar-refractivity contribution >= 4 is 17.8 Å². The Labute approximate surface area is 144 Å². The summed E-state index contributed by atoms with van der Waals surface area (Å²) in [6.07, 6.45) is 2.87. The van der Waals surface area contributed by atoms with Gasteiger partial charge in [0.2, 0.25) is 5.91 Å². The Hall–Kier alpha value is -3.23. The van der Waals surface area contributed by atoms with E-state index in [1.54, 1.807) is 24.3 Å². The van der Waals surface area contributed by atoms with Crippen molar-refractivity contribution in [3.8, 4) is 5.69 Å². The van der Waals surface area contributed by atoms with Crippen molar-refractivity contribution in [1.29, 1.82) is 0 Å². The number of rotatable bonds is 7. The molecule has 0 saturated heterocycles. The van der Waals surface area contributed by atoms with Crippen molar-refractivity contribution in [2.24, 2.45) is 0 Å². The first-order chi connectivity index (χ1) is 11.9. The maximum atomic E-state index is 12.8. The summed E-state index contributed by atoms with van der Waals surface area (Å²) in [4.78, 5) is 40.2. The molecule has 0 radical (unpaired) electrons. The van der Waals surface area contributed by atoms with E-state index in [9.17, 15) is 19.5 Å². The van der Waals surface area contributed by atoms with Gasteiger partial charge in [0.1, 0.15) is 18.7 Å². The molecule has 0 aliphatic rings. The molecule has 0 saturated carbocycles. The Kier molecular flexibility index (Phi) is 5.83. The van der Waals surface area contributed by atoms with Crippen LogP contribution in [0.4, 0.5) is 0 Å². The quantitative estimate of drug-likeness (QED) is 0.746. The van der Waals surface area contributed by atoms with Gasteiger partial charge in [-0.2, -0.15) is 5.10 Å². The minimum atomic E-state index is -1.12. The first-order valence-electron chi connectivity index (χ1n) is 7.63. The highest BCUT2D eigenvalue weighted by Gasteiger charge is 2.26. The highest BCUT2D eigenvalue weighted by atomic mass is 16.4. The van der Waals surface area contributed by atoms with Gasteiger partial charge in [-0.3, -0.25) is 9.59 Å². The molecule has 2 aromatic rings. The fourth-order valence-corrected chi connectivity index (χ4v) is 2.25. The summed E-state index contributed by atoms with van der Waals surface area (Å²) < 4.78 is 1.50. The molecule has 2 amide bonds. The Balaban J connectivity index is 2.24. The van der Waals surface area contributed by atoms with E-state index in [4.69, 9.17) is 0 Å². The highest BCUT2D eigenvalue weighted by Crippen LogP contribution is 2.13. The van der Waals surface area contributed by atoms with Gasteiger partial charge in [-0.15, -0.1) is 0 Å². The van der Waals surface area contributed by atoms with E-state index in [0.29, 0.717) is 11.3 Å². The largest absolute Gasteiger partial charge is 0.480 e. The van der Waals surface area contributed by atoms with Crippen LogP contribution in [0.2, 0.25) is 0 Å². The van der Waals surface area contributed by atoms with Crippen LogP contribution in [0.1, 0.15) is 24.2 Å². The molecule has 0 bridgehead atoms. The SMILES string of the molecule is CC(=O)NCCN(C(=O)c1cccc(-n2cncn2)c1)C(C)C(=O)O. The molecule has 2 N–H and O–H groups in total. The number of amides is 2. The summed E-state index contributed by atoms with van der Waals surface area (Å²) in [5, 5.41) is 15.8. The molecule has 25 heavy (non-hydrogen) atoms. The zero-order valence-corrected chi connectivity index (χ0v) is 13.9. The van der Waals surface area contributed by atoms with Crippen molar-refractivity contribution in [1.82, 2.24) is 25.0 Å². The lowest BCUT2D eigenvalue weighted by Gasteiger charge is -2.26. The van der Waals surface area contributed by atoms with Crippen LogP contribution in [0.5, 0.6) is 0 Å². The van der Waals surface area contributed by atoms with Crippen LogP contribution in [0.3, 0.4) is 0 Å². The molecule has 0 fully saturated rings. The number of aliphatic carboxylic acids is 1. The van der Waals surface area contributed by atoms with Gasteiger partial charge in [0.15, 0.2) is 0 Å². The zero-order chi connectivity index (χ0) is 18.4. The van der Waals surface area contributed by atoms with Gasteiger partial charge in [-0.25, -0.2) is 14.5 Å². The second-order valence-corrected chi connectivity index (χ2v) is 5.39. The Morgan fingerprint density at radius 2 is 2.12 bits per heavy atom. The molecule has 1 atom stereocenters. The monoisotopic (exact) mass is 345 g/mol. The molecule has 2 rings (SSSR count). The molecule has 1 unspecified atom stereocenters. The molecule has 9 nitrogen and oxygen atoms in total. The number of carbonyl (C=O) groups is 3. The van der Waals surface area contributed by atoms with E-state index in [-0.39, 0.29) is 19.0 Å². The Bertz CT molecular complexity index is 760. The normalized spacial score (nSPS) is 11.6. The van der Waals surface area contributed by atoms with Gasteiger partial charge >= 0.3 is 5.97 Å². The van der Waals surface area contributed by atoms with E-state index < -0.39 is 17.9 Å². The van der Waals surface area contributed by atoms with Crippen molar-refractivity contribution in [2.75, 3.05) is 13.1 Å². The second kappa shape index (κ2) is 8.04. The molecular formula is C16H19N5O4. The van der Waals surface area contributed by atoms with Gasteiger partial charge < -0.3 is 15.3 Å². The van der Waals surface area contributed by atoms with Crippen molar-refractivity contribution in [3.05, 3.63) is 42.5 Å². The minimum absolute atomic E-state index is 0.0828. The number of hydrogen-bond acceptors (Lipinski definition) is 5. The van der Waals surface area contributed by atoms with E-state index in [2.05, 4.69) is 15.4 Å². The summed E-state index contributed by atoms with van der Waals surface area (Å²) in [5.41, 5.74) is 0.956. The average molecular weight is 345 g/mol. The standard InChI is InChI=1S/C16H19N5O4/c1-11(16(24)25)20(7-6-18-12(2)22)15(23)13-4-3-5-14(8-13)21-10-17-9-19-21/h3-5,8-11H,6-7H2,1-2H3,(H,18,22)(H,24,25). The Morgan fingerprint density at radius 3 is 2.72 bits per heavy atom. The number of carbonyl (C=O) groups excluding carboxylic acids is 2. The second-order valence-electron chi connectivity index (χ2n) is 5.39. The molecule has 132 valence electrons. The van der Waals surface area contributed by atoms with E-state index in [1.165, 1.54) is 36.1 Å². The molecule has 9 heteroatoms. The van der Waals surface area contributed by atoms with Gasteiger partial charge in [0, 0.05) is 25.6 Å². The third kappa shape index (κ3) is 4.63. The summed E-state index contributed by atoms with van der Waals surface area (Å²) in [5.74, 6) is -1.81. The van der Waals surface area contributed by atoms with E-state index >= 15 is 0 Å². The number of benzene rings is 1. The first-order valence-corrected chi connectivity index (χ1v) is 7.63. The summed E-state index contributed by atoms with van der Waals surface area (Å²) in [6, 6.07) is 5.62. The molecule has 0 spiro atoms. The summed E-state index contributed by atoms with van der Waals surface area (Å²) >= 11 is 0. The van der Waals surface area contributed by atoms with Crippen molar-refractivity contribution in [2.45, 2.75) is 19.9 Å². The van der Waals surface area contributed by atoms with Crippen LogP contribution in [-0.4, -0.2) is 61.7 Å². The maximum Gasteiger partial charge on any atom is 0.326 e. The van der Waals surface area contributed by atoms with Crippen LogP contribution >= 0.6 is 0 Å². The molecular weight excluding hydrogens is 326 g/mol. The minimum Gasteiger partial charge on any atom is -0.480 e. The molecule has 0 aliphatic carbocycles. The predicted octanol–water partition coefficient (Wildman–Crippen LogP) is 0.319. The number of hydrogen-bond donors (Lipinski definition) is 2. The van der Waals surface area contributed by atoms with Gasteiger partial charge in [-0.05, 0) is 25.1 Å². The zero-order valence-electron chi connectivity index (χ0n) is 13.9. The van der Waals surface area contributed by atoms with Crippen molar-refractivity contribution in [3.63, 3.8) is 0 Å². The third-order valence-corrected chi connectivity index (χ3v) is 3.59. The van der Waals surface area contributed by atoms with Gasteiger partial charge in [0.05, 0.1) is 5.69 Å². The van der Waals surface area contributed by atoms with Crippen LogP contribution in [0, 0.1) is 0 Å². The predicted molar refractivity (Wildman–Crippen MR) is 88.2 cm³/mol. The van der Waals surface area contributed by atoms with Crippen LogP contribution < -0.4 is 5.32 Å². The molecule has 1 heterocycles. The first kappa shape index (κ1) is 18.1. The smallest absolute Gasteiger partial charge is 0.326 e. The topological polar surface area (TPSA) is 117 Å². The van der Waals surface area contributed by atoms with E-state index in [1.807, 2.05) is 0 Å². The van der Waals surface area contributed by atoms with Gasteiger partial charge in [-0.1, -0.05) is 6.07 Å². The van der Waals surface area contributed by atoms with Crippen LogP contribution in [0.15, 0.2) is 36.9 Å². The number of aromatic nitrogens is 3. The Morgan fingerprint density at radius 1 is 1.36 bits per heavy atom. The molecule has 1 aromatic heterocycles. The lowest BCUT2D eigenvalue weighted by molar-refractivity contribution is -0.141.